The third-order valence-corrected chi connectivity index (χ3v) is 3.67. The van der Waals surface area contributed by atoms with E-state index in [-0.39, 0.29) is 11.3 Å². The molecule has 0 atom stereocenters. The van der Waals surface area contributed by atoms with Gasteiger partial charge in [0.05, 0.1) is 10.5 Å². The molecular formula is C20H24N2O4. The minimum absolute atomic E-state index is 0.0828. The predicted molar refractivity (Wildman–Crippen MR) is 100 cm³/mol. The van der Waals surface area contributed by atoms with Gasteiger partial charge < -0.3 is 10.1 Å². The third kappa shape index (κ3) is 5.97. The number of nitrogens with one attached hydrogen (secondary N) is 1. The van der Waals surface area contributed by atoms with Gasteiger partial charge in [-0.3, -0.25) is 10.1 Å². The molecule has 2 aromatic carbocycles. The van der Waals surface area contributed by atoms with Crippen molar-refractivity contribution < 1.29 is 14.5 Å². The highest BCUT2D eigenvalue weighted by molar-refractivity contribution is 5.90. The Labute approximate surface area is 153 Å². The van der Waals surface area contributed by atoms with Crippen LogP contribution >= 0.6 is 0 Å². The molecule has 0 heterocycles. The number of esters is 1. The van der Waals surface area contributed by atoms with Crippen molar-refractivity contribution in [2.45, 2.75) is 39.3 Å². The lowest BCUT2D eigenvalue weighted by Gasteiger charge is -2.19. The average molecular weight is 356 g/mol. The van der Waals surface area contributed by atoms with Crippen LogP contribution in [-0.4, -0.2) is 23.0 Å². The zero-order valence-electron chi connectivity index (χ0n) is 15.3. The van der Waals surface area contributed by atoms with Gasteiger partial charge in [0.25, 0.3) is 5.69 Å². The number of hydrogen-bond acceptors (Lipinski definition) is 5. The van der Waals surface area contributed by atoms with Gasteiger partial charge in [-0.1, -0.05) is 36.4 Å². The minimum atomic E-state index is -0.649. The molecule has 138 valence electrons. The Morgan fingerprint density at radius 3 is 2.46 bits per heavy atom. The summed E-state index contributed by atoms with van der Waals surface area (Å²) in [4.78, 5) is 23.0. The summed E-state index contributed by atoms with van der Waals surface area (Å²) in [6.45, 7) is 6.33. The number of nitro benzene ring substituents is 1. The van der Waals surface area contributed by atoms with Crippen LogP contribution in [0.4, 0.5) is 5.69 Å². The molecule has 0 aliphatic heterocycles. The SMILES string of the molecule is CC(C)(C)OC(=O)c1ccc(CNCCc2ccccc2)c([N+](=O)[O-])c1. The molecule has 6 heteroatoms. The van der Waals surface area contributed by atoms with Gasteiger partial charge in [0.15, 0.2) is 0 Å². The van der Waals surface area contributed by atoms with E-state index in [2.05, 4.69) is 5.32 Å². The van der Waals surface area contributed by atoms with Gasteiger partial charge in [-0.05, 0) is 45.4 Å². The first kappa shape index (κ1) is 19.6. The molecule has 0 saturated heterocycles. The molecule has 0 aliphatic rings. The van der Waals surface area contributed by atoms with Crippen LogP contribution in [0, 0.1) is 10.1 Å². The van der Waals surface area contributed by atoms with E-state index in [9.17, 15) is 14.9 Å². The summed E-state index contributed by atoms with van der Waals surface area (Å²) in [6, 6.07) is 14.5. The average Bonchev–Trinajstić information content (AvgIpc) is 2.58. The molecular weight excluding hydrogens is 332 g/mol. The second kappa shape index (κ2) is 8.58. The summed E-state index contributed by atoms with van der Waals surface area (Å²) in [5.74, 6) is -0.566. The van der Waals surface area contributed by atoms with Crippen LogP contribution in [0.5, 0.6) is 0 Å². The zero-order chi connectivity index (χ0) is 19.2. The van der Waals surface area contributed by atoms with Crippen molar-refractivity contribution >= 4 is 11.7 Å². The summed E-state index contributed by atoms with van der Waals surface area (Å²) < 4.78 is 5.27. The van der Waals surface area contributed by atoms with E-state index in [4.69, 9.17) is 4.74 Å². The summed E-state index contributed by atoms with van der Waals surface area (Å²) >= 11 is 0. The smallest absolute Gasteiger partial charge is 0.338 e. The van der Waals surface area contributed by atoms with E-state index in [1.54, 1.807) is 32.9 Å². The quantitative estimate of drug-likeness (QED) is 0.352. The van der Waals surface area contributed by atoms with Crippen molar-refractivity contribution in [2.75, 3.05) is 6.54 Å². The largest absolute Gasteiger partial charge is 0.456 e. The highest BCUT2D eigenvalue weighted by Gasteiger charge is 2.21. The maximum Gasteiger partial charge on any atom is 0.338 e. The standard InChI is InChI=1S/C20H24N2O4/c1-20(2,3)26-19(23)16-9-10-17(18(13-16)22(24)25)14-21-12-11-15-7-5-4-6-8-15/h4-10,13,21H,11-12,14H2,1-3H3. The molecule has 0 fully saturated rings. The number of nitrogens with zero attached hydrogens (tertiary/aromatic N) is 1. The van der Waals surface area contributed by atoms with Gasteiger partial charge >= 0.3 is 5.97 Å². The van der Waals surface area contributed by atoms with Crippen LogP contribution in [0.2, 0.25) is 0 Å². The molecule has 0 radical (unpaired) electrons. The van der Waals surface area contributed by atoms with Crippen LogP contribution in [0.25, 0.3) is 0 Å². The molecule has 2 aromatic rings. The first-order chi connectivity index (χ1) is 12.3. The Balaban J connectivity index is 2.01. The summed E-state index contributed by atoms with van der Waals surface area (Å²) in [6.07, 6.45) is 0.838. The maximum atomic E-state index is 12.1. The second-order valence-electron chi connectivity index (χ2n) is 7.01. The normalized spacial score (nSPS) is 11.2. The first-order valence-corrected chi connectivity index (χ1v) is 8.51. The minimum Gasteiger partial charge on any atom is -0.456 e. The Morgan fingerprint density at radius 2 is 1.85 bits per heavy atom. The fraction of sp³-hybridized carbons (Fsp3) is 0.350. The van der Waals surface area contributed by atoms with E-state index < -0.39 is 16.5 Å². The topological polar surface area (TPSA) is 81.5 Å². The molecule has 0 saturated carbocycles. The fourth-order valence-electron chi connectivity index (χ4n) is 2.45. The highest BCUT2D eigenvalue weighted by Crippen LogP contribution is 2.22. The van der Waals surface area contributed by atoms with Gasteiger partial charge in [-0.2, -0.15) is 0 Å². The number of benzene rings is 2. The van der Waals surface area contributed by atoms with Gasteiger partial charge in [0, 0.05) is 18.2 Å². The monoisotopic (exact) mass is 356 g/mol. The van der Waals surface area contributed by atoms with Crippen LogP contribution in [0.15, 0.2) is 48.5 Å². The molecule has 6 nitrogen and oxygen atoms in total. The van der Waals surface area contributed by atoms with Gasteiger partial charge in [-0.15, -0.1) is 0 Å². The fourth-order valence-corrected chi connectivity index (χ4v) is 2.45. The van der Waals surface area contributed by atoms with Gasteiger partial charge in [0.2, 0.25) is 0 Å². The highest BCUT2D eigenvalue weighted by atomic mass is 16.6. The van der Waals surface area contributed by atoms with Crippen LogP contribution < -0.4 is 5.32 Å². The van der Waals surface area contributed by atoms with E-state index in [0.29, 0.717) is 18.7 Å². The van der Waals surface area contributed by atoms with Crippen molar-refractivity contribution in [3.63, 3.8) is 0 Å². The Hall–Kier alpha value is -2.73. The molecule has 0 aliphatic carbocycles. The van der Waals surface area contributed by atoms with E-state index in [0.717, 1.165) is 6.42 Å². The van der Waals surface area contributed by atoms with Crippen molar-refractivity contribution in [1.82, 2.24) is 5.32 Å². The summed E-state index contributed by atoms with van der Waals surface area (Å²) in [5, 5.41) is 14.6. The van der Waals surface area contributed by atoms with E-state index in [1.165, 1.54) is 11.6 Å². The van der Waals surface area contributed by atoms with Crippen molar-refractivity contribution in [3.05, 3.63) is 75.3 Å². The van der Waals surface area contributed by atoms with E-state index in [1.807, 2.05) is 30.3 Å². The van der Waals surface area contributed by atoms with Gasteiger partial charge in [0.1, 0.15) is 5.60 Å². The second-order valence-corrected chi connectivity index (χ2v) is 7.01. The number of rotatable bonds is 7. The van der Waals surface area contributed by atoms with Gasteiger partial charge in [-0.25, -0.2) is 4.79 Å². The molecule has 26 heavy (non-hydrogen) atoms. The lowest BCUT2D eigenvalue weighted by molar-refractivity contribution is -0.385. The molecule has 0 amide bonds. The van der Waals surface area contributed by atoms with Crippen molar-refractivity contribution in [2.24, 2.45) is 0 Å². The predicted octanol–water partition coefficient (Wildman–Crippen LogP) is 3.88. The number of ether oxygens (including phenoxy) is 1. The summed E-state index contributed by atoms with van der Waals surface area (Å²) in [7, 11) is 0. The maximum absolute atomic E-state index is 12.1. The molecule has 0 spiro atoms. The molecule has 0 unspecified atom stereocenters. The van der Waals surface area contributed by atoms with Crippen LogP contribution in [-0.2, 0) is 17.7 Å². The molecule has 0 bridgehead atoms. The van der Waals surface area contributed by atoms with Crippen molar-refractivity contribution in [1.29, 1.82) is 0 Å². The summed E-state index contributed by atoms with van der Waals surface area (Å²) in [5.41, 5.74) is 1.19. The lowest BCUT2D eigenvalue weighted by Crippen LogP contribution is -2.24. The molecule has 0 aromatic heterocycles. The first-order valence-electron chi connectivity index (χ1n) is 8.51. The van der Waals surface area contributed by atoms with Crippen molar-refractivity contribution in [3.8, 4) is 0 Å². The molecule has 1 N–H and O–H groups in total. The lowest BCUT2D eigenvalue weighted by atomic mass is 10.1. The number of carbonyl (C=O) groups excluding carboxylic acids is 1. The number of carbonyl (C=O) groups is 1. The molecule has 2 rings (SSSR count). The van der Waals surface area contributed by atoms with Crippen LogP contribution in [0.3, 0.4) is 0 Å². The third-order valence-electron chi connectivity index (χ3n) is 3.67. The Bertz CT molecular complexity index is 767. The number of hydrogen-bond donors (Lipinski definition) is 1. The van der Waals surface area contributed by atoms with E-state index >= 15 is 0 Å². The Kier molecular flexibility index (Phi) is 6.46. The number of nitro groups is 1. The Morgan fingerprint density at radius 1 is 1.15 bits per heavy atom. The van der Waals surface area contributed by atoms with Crippen LogP contribution in [0.1, 0.15) is 42.3 Å². The zero-order valence-corrected chi connectivity index (χ0v) is 15.3.